The van der Waals surface area contributed by atoms with Gasteiger partial charge in [-0.2, -0.15) is 0 Å². The van der Waals surface area contributed by atoms with Crippen molar-refractivity contribution >= 4 is 11.8 Å². The van der Waals surface area contributed by atoms with E-state index in [9.17, 15) is 9.18 Å². The molecule has 20 heavy (non-hydrogen) atoms. The summed E-state index contributed by atoms with van der Waals surface area (Å²) in [6, 6.07) is 7.83. The zero-order valence-electron chi connectivity index (χ0n) is 11.5. The van der Waals surface area contributed by atoms with Gasteiger partial charge < -0.3 is 4.98 Å². The van der Waals surface area contributed by atoms with Crippen molar-refractivity contribution in [2.24, 2.45) is 5.92 Å². The molecule has 0 saturated heterocycles. The number of hydrogen-bond donors (Lipinski definition) is 1. The van der Waals surface area contributed by atoms with Crippen LogP contribution in [0.1, 0.15) is 25.4 Å². The van der Waals surface area contributed by atoms with Gasteiger partial charge in [-0.1, -0.05) is 13.8 Å². The van der Waals surface area contributed by atoms with Crippen LogP contribution in [0.3, 0.4) is 0 Å². The summed E-state index contributed by atoms with van der Waals surface area (Å²) in [6.45, 7) is 4.19. The molecule has 2 rings (SSSR count). The number of benzene rings is 1. The Labute approximate surface area is 121 Å². The van der Waals surface area contributed by atoms with E-state index in [4.69, 9.17) is 0 Å². The molecule has 2 aromatic rings. The summed E-state index contributed by atoms with van der Waals surface area (Å²) in [5.74, 6) is 1.43. The normalized spacial score (nSPS) is 11.0. The van der Waals surface area contributed by atoms with Gasteiger partial charge in [-0.15, -0.1) is 11.8 Å². The zero-order valence-corrected chi connectivity index (χ0v) is 12.3. The molecule has 0 atom stereocenters. The van der Waals surface area contributed by atoms with Crippen molar-refractivity contribution in [3.63, 3.8) is 0 Å². The summed E-state index contributed by atoms with van der Waals surface area (Å²) < 4.78 is 12.8. The van der Waals surface area contributed by atoms with E-state index in [1.165, 1.54) is 23.9 Å². The van der Waals surface area contributed by atoms with Crippen LogP contribution in [0.25, 0.3) is 0 Å². The first-order valence-corrected chi connectivity index (χ1v) is 7.49. The number of aromatic amines is 1. The molecule has 3 nitrogen and oxygen atoms in total. The van der Waals surface area contributed by atoms with E-state index in [1.807, 2.05) is 0 Å². The van der Waals surface area contributed by atoms with E-state index in [0.717, 1.165) is 17.0 Å². The van der Waals surface area contributed by atoms with Gasteiger partial charge in [-0.25, -0.2) is 9.37 Å². The fourth-order valence-corrected chi connectivity index (χ4v) is 2.61. The van der Waals surface area contributed by atoms with Crippen molar-refractivity contribution in [3.8, 4) is 0 Å². The third-order valence-electron chi connectivity index (χ3n) is 2.65. The smallest absolute Gasteiger partial charge is 0.251 e. The third kappa shape index (κ3) is 4.49. The van der Waals surface area contributed by atoms with Crippen molar-refractivity contribution in [3.05, 3.63) is 58.0 Å². The Morgan fingerprint density at radius 3 is 2.65 bits per heavy atom. The van der Waals surface area contributed by atoms with Crippen LogP contribution in [-0.2, 0) is 12.2 Å². The minimum atomic E-state index is -0.250. The lowest BCUT2D eigenvalue weighted by Gasteiger charge is -2.06. The Morgan fingerprint density at radius 1 is 1.30 bits per heavy atom. The highest BCUT2D eigenvalue weighted by Crippen LogP contribution is 2.21. The lowest BCUT2D eigenvalue weighted by atomic mass is 10.1. The van der Waals surface area contributed by atoms with Crippen LogP contribution in [0.5, 0.6) is 0 Å². The summed E-state index contributed by atoms with van der Waals surface area (Å²) in [5.41, 5.74) is 0.698. The number of H-pyrrole nitrogens is 1. The van der Waals surface area contributed by atoms with Crippen LogP contribution >= 0.6 is 11.8 Å². The third-order valence-corrected chi connectivity index (χ3v) is 3.67. The summed E-state index contributed by atoms with van der Waals surface area (Å²) in [6.07, 6.45) is 0.790. The zero-order chi connectivity index (χ0) is 14.5. The first kappa shape index (κ1) is 14.8. The SMILES string of the molecule is CC(C)Cc1cc(=O)[nH]c(CSc2ccc(F)cc2)n1. The fraction of sp³-hybridized carbons (Fsp3) is 0.333. The second-order valence-corrected chi connectivity index (χ2v) is 6.07. The van der Waals surface area contributed by atoms with Crippen molar-refractivity contribution in [1.82, 2.24) is 9.97 Å². The number of hydrogen-bond acceptors (Lipinski definition) is 3. The van der Waals surface area contributed by atoms with Crippen LogP contribution in [0.4, 0.5) is 4.39 Å². The number of nitrogens with zero attached hydrogens (tertiary/aromatic N) is 1. The monoisotopic (exact) mass is 292 g/mol. The summed E-state index contributed by atoms with van der Waals surface area (Å²) in [5, 5.41) is 0. The maximum Gasteiger partial charge on any atom is 0.251 e. The molecule has 1 heterocycles. The summed E-state index contributed by atoms with van der Waals surface area (Å²) in [4.78, 5) is 19.7. The average molecular weight is 292 g/mol. The standard InChI is InChI=1S/C15H17FN2OS/c1-10(2)7-12-8-15(19)18-14(17-12)9-20-13-5-3-11(16)4-6-13/h3-6,8,10H,7,9H2,1-2H3,(H,17,18,19). The van der Waals surface area contributed by atoms with Crippen LogP contribution < -0.4 is 5.56 Å². The van der Waals surface area contributed by atoms with Crippen LogP contribution in [0, 0.1) is 11.7 Å². The van der Waals surface area contributed by atoms with Gasteiger partial charge in [0.2, 0.25) is 0 Å². The molecule has 0 bridgehead atoms. The quantitative estimate of drug-likeness (QED) is 0.859. The molecule has 1 aromatic carbocycles. The highest BCUT2D eigenvalue weighted by Gasteiger charge is 2.05. The van der Waals surface area contributed by atoms with Gasteiger partial charge in [0.15, 0.2) is 0 Å². The van der Waals surface area contributed by atoms with Gasteiger partial charge in [0, 0.05) is 16.7 Å². The maximum atomic E-state index is 12.8. The molecule has 0 fully saturated rings. The Hall–Kier alpha value is -1.62. The predicted molar refractivity (Wildman–Crippen MR) is 79.4 cm³/mol. The largest absolute Gasteiger partial charge is 0.310 e. The van der Waals surface area contributed by atoms with E-state index in [0.29, 0.717) is 17.5 Å². The van der Waals surface area contributed by atoms with Crippen LogP contribution in [0.15, 0.2) is 40.0 Å². The van der Waals surface area contributed by atoms with E-state index in [1.54, 1.807) is 18.2 Å². The van der Waals surface area contributed by atoms with E-state index >= 15 is 0 Å². The summed E-state index contributed by atoms with van der Waals surface area (Å²) in [7, 11) is 0. The minimum Gasteiger partial charge on any atom is -0.310 e. The molecule has 0 aliphatic carbocycles. The van der Waals surface area contributed by atoms with Crippen LogP contribution in [-0.4, -0.2) is 9.97 Å². The minimum absolute atomic E-state index is 0.120. The molecule has 0 aliphatic heterocycles. The predicted octanol–water partition coefficient (Wildman–Crippen LogP) is 3.40. The molecule has 0 saturated carbocycles. The number of aromatic nitrogens is 2. The topological polar surface area (TPSA) is 45.8 Å². The fourth-order valence-electron chi connectivity index (χ4n) is 1.84. The molecule has 5 heteroatoms. The van der Waals surface area contributed by atoms with E-state index in [-0.39, 0.29) is 11.4 Å². The van der Waals surface area contributed by atoms with Crippen molar-refractivity contribution < 1.29 is 4.39 Å². The van der Waals surface area contributed by atoms with Gasteiger partial charge in [-0.3, -0.25) is 4.79 Å². The summed E-state index contributed by atoms with van der Waals surface area (Å²) >= 11 is 1.52. The molecule has 1 aromatic heterocycles. The van der Waals surface area contributed by atoms with Crippen molar-refractivity contribution in [1.29, 1.82) is 0 Å². The number of halogens is 1. The molecule has 0 spiro atoms. The molecule has 1 N–H and O–H groups in total. The first-order valence-electron chi connectivity index (χ1n) is 6.50. The highest BCUT2D eigenvalue weighted by atomic mass is 32.2. The molecule has 106 valence electrons. The van der Waals surface area contributed by atoms with Gasteiger partial charge >= 0.3 is 0 Å². The van der Waals surface area contributed by atoms with Gasteiger partial charge in [0.1, 0.15) is 11.6 Å². The lowest BCUT2D eigenvalue weighted by molar-refractivity contribution is 0.626. The first-order chi connectivity index (χ1) is 9.52. The number of rotatable bonds is 5. The number of thioether (sulfide) groups is 1. The maximum absolute atomic E-state index is 12.8. The molecule has 0 unspecified atom stereocenters. The second kappa shape index (κ2) is 6.70. The average Bonchev–Trinajstić information content (AvgIpc) is 2.36. The van der Waals surface area contributed by atoms with Crippen LogP contribution in [0.2, 0.25) is 0 Å². The van der Waals surface area contributed by atoms with E-state index < -0.39 is 0 Å². The molecule has 0 amide bonds. The lowest BCUT2D eigenvalue weighted by Crippen LogP contribution is -2.13. The van der Waals surface area contributed by atoms with Gasteiger partial charge in [-0.05, 0) is 36.6 Å². The van der Waals surface area contributed by atoms with E-state index in [2.05, 4.69) is 23.8 Å². The molecule has 0 aliphatic rings. The Bertz CT molecular complexity index is 623. The highest BCUT2D eigenvalue weighted by molar-refractivity contribution is 7.98. The Balaban J connectivity index is 2.07. The second-order valence-electron chi connectivity index (χ2n) is 5.02. The molecule has 0 radical (unpaired) electrons. The van der Waals surface area contributed by atoms with Gasteiger partial charge in [0.25, 0.3) is 5.56 Å². The van der Waals surface area contributed by atoms with Gasteiger partial charge in [0.05, 0.1) is 5.75 Å². The van der Waals surface area contributed by atoms with Crippen molar-refractivity contribution in [2.75, 3.05) is 0 Å². The molecular weight excluding hydrogens is 275 g/mol. The Kier molecular flexibility index (Phi) is 4.95. The Morgan fingerprint density at radius 2 is 2.00 bits per heavy atom. The molecular formula is C15H17FN2OS. The van der Waals surface area contributed by atoms with Crippen molar-refractivity contribution in [2.45, 2.75) is 30.9 Å². The number of nitrogens with one attached hydrogen (secondary N) is 1.